The van der Waals surface area contributed by atoms with Gasteiger partial charge in [-0.25, -0.2) is 4.39 Å². The van der Waals surface area contributed by atoms with Crippen molar-refractivity contribution >= 4 is 28.5 Å². The Morgan fingerprint density at radius 3 is 2.95 bits per heavy atom. The quantitative estimate of drug-likeness (QED) is 0.823. The van der Waals surface area contributed by atoms with Crippen LogP contribution in [-0.2, 0) is 0 Å². The van der Waals surface area contributed by atoms with Crippen molar-refractivity contribution < 1.29 is 9.18 Å². The van der Waals surface area contributed by atoms with Crippen molar-refractivity contribution in [2.45, 2.75) is 25.8 Å². The highest BCUT2D eigenvalue weighted by molar-refractivity contribution is 14.1. The lowest BCUT2D eigenvalue weighted by atomic mass is 10.0. The summed E-state index contributed by atoms with van der Waals surface area (Å²) in [7, 11) is 0. The summed E-state index contributed by atoms with van der Waals surface area (Å²) in [6.07, 6.45) is 2.12. The number of halogens is 2. The van der Waals surface area contributed by atoms with Gasteiger partial charge in [0.05, 0.1) is 5.56 Å². The zero-order valence-electron chi connectivity index (χ0n) is 11.0. The van der Waals surface area contributed by atoms with Gasteiger partial charge in [-0.15, -0.1) is 0 Å². The largest absolute Gasteiger partial charge is 0.335 e. The SMILES string of the molecule is CCN(C(=O)c1ccc(F)cc1I)C1CCCNC1. The van der Waals surface area contributed by atoms with Gasteiger partial charge in [0, 0.05) is 22.7 Å². The molecule has 1 atom stereocenters. The normalized spacial score (nSPS) is 19.2. The second-order valence-electron chi connectivity index (χ2n) is 4.72. The van der Waals surface area contributed by atoms with Gasteiger partial charge in [0.15, 0.2) is 0 Å². The molecule has 0 aromatic heterocycles. The molecule has 0 spiro atoms. The third-order valence-electron chi connectivity index (χ3n) is 3.47. The van der Waals surface area contributed by atoms with Gasteiger partial charge in [0.1, 0.15) is 5.82 Å². The van der Waals surface area contributed by atoms with E-state index in [2.05, 4.69) is 5.32 Å². The number of carbonyl (C=O) groups is 1. The predicted octanol–water partition coefficient (Wildman–Crippen LogP) is 2.64. The third-order valence-corrected chi connectivity index (χ3v) is 4.37. The molecular formula is C14H18FIN2O. The van der Waals surface area contributed by atoms with Crippen LogP contribution >= 0.6 is 22.6 Å². The van der Waals surface area contributed by atoms with Crippen molar-refractivity contribution in [2.24, 2.45) is 0 Å². The Morgan fingerprint density at radius 2 is 2.37 bits per heavy atom. The maximum Gasteiger partial charge on any atom is 0.255 e. The van der Waals surface area contributed by atoms with E-state index >= 15 is 0 Å². The van der Waals surface area contributed by atoms with E-state index in [9.17, 15) is 9.18 Å². The topological polar surface area (TPSA) is 32.3 Å². The fraction of sp³-hybridized carbons (Fsp3) is 0.500. The monoisotopic (exact) mass is 376 g/mol. The van der Waals surface area contributed by atoms with Crippen LogP contribution in [0.3, 0.4) is 0 Å². The number of likely N-dealkylation sites (N-methyl/N-ethyl adjacent to an activating group) is 1. The molecule has 104 valence electrons. The Balaban J connectivity index is 2.19. The Bertz CT molecular complexity index is 461. The van der Waals surface area contributed by atoms with Gasteiger partial charge >= 0.3 is 0 Å². The highest BCUT2D eigenvalue weighted by Gasteiger charge is 2.25. The maximum absolute atomic E-state index is 13.1. The highest BCUT2D eigenvalue weighted by Crippen LogP contribution is 2.19. The van der Waals surface area contributed by atoms with E-state index in [0.29, 0.717) is 15.7 Å². The Labute approximate surface area is 126 Å². The van der Waals surface area contributed by atoms with Crippen molar-refractivity contribution in [3.05, 3.63) is 33.1 Å². The average molecular weight is 376 g/mol. The molecule has 1 aromatic carbocycles. The first-order valence-electron chi connectivity index (χ1n) is 6.60. The molecule has 1 aromatic rings. The number of hydrogen-bond donors (Lipinski definition) is 1. The summed E-state index contributed by atoms with van der Waals surface area (Å²) in [4.78, 5) is 14.5. The minimum atomic E-state index is -0.302. The summed E-state index contributed by atoms with van der Waals surface area (Å²) in [5, 5.41) is 3.32. The second-order valence-corrected chi connectivity index (χ2v) is 5.88. The van der Waals surface area contributed by atoms with Crippen LogP contribution in [0.4, 0.5) is 4.39 Å². The fourth-order valence-electron chi connectivity index (χ4n) is 2.48. The second kappa shape index (κ2) is 6.65. The van der Waals surface area contributed by atoms with Gasteiger partial charge < -0.3 is 10.2 Å². The number of nitrogens with one attached hydrogen (secondary N) is 1. The molecule has 1 fully saturated rings. The van der Waals surface area contributed by atoms with Crippen LogP contribution in [0.2, 0.25) is 0 Å². The zero-order chi connectivity index (χ0) is 13.8. The van der Waals surface area contributed by atoms with Gasteiger partial charge in [-0.05, 0) is 67.1 Å². The van der Waals surface area contributed by atoms with Crippen LogP contribution in [0.25, 0.3) is 0 Å². The lowest BCUT2D eigenvalue weighted by Crippen LogP contribution is -2.48. The molecule has 1 unspecified atom stereocenters. The molecule has 0 radical (unpaired) electrons. The first-order chi connectivity index (χ1) is 9.13. The van der Waals surface area contributed by atoms with E-state index in [0.717, 1.165) is 25.9 Å². The number of nitrogens with zero attached hydrogens (tertiary/aromatic N) is 1. The van der Waals surface area contributed by atoms with Gasteiger partial charge in [-0.1, -0.05) is 0 Å². The summed E-state index contributed by atoms with van der Waals surface area (Å²) >= 11 is 2.02. The molecule has 3 nitrogen and oxygen atoms in total. The average Bonchev–Trinajstić information content (AvgIpc) is 2.40. The van der Waals surface area contributed by atoms with Crippen LogP contribution in [0, 0.1) is 9.39 Å². The van der Waals surface area contributed by atoms with Crippen molar-refractivity contribution in [2.75, 3.05) is 19.6 Å². The van der Waals surface area contributed by atoms with E-state index in [1.54, 1.807) is 6.07 Å². The molecule has 1 aliphatic rings. The minimum absolute atomic E-state index is 0.000556. The summed E-state index contributed by atoms with van der Waals surface area (Å²) in [5.41, 5.74) is 0.592. The zero-order valence-corrected chi connectivity index (χ0v) is 13.1. The van der Waals surface area contributed by atoms with Gasteiger partial charge in [-0.2, -0.15) is 0 Å². The third kappa shape index (κ3) is 3.45. The van der Waals surface area contributed by atoms with Crippen LogP contribution in [0.1, 0.15) is 30.1 Å². The smallest absolute Gasteiger partial charge is 0.255 e. The van der Waals surface area contributed by atoms with E-state index in [1.807, 2.05) is 34.4 Å². The molecule has 0 bridgehead atoms. The van der Waals surface area contributed by atoms with Crippen LogP contribution in [-0.4, -0.2) is 36.5 Å². The van der Waals surface area contributed by atoms with Crippen molar-refractivity contribution in [1.82, 2.24) is 10.2 Å². The number of piperidine rings is 1. The molecule has 2 rings (SSSR count). The van der Waals surface area contributed by atoms with E-state index in [-0.39, 0.29) is 17.8 Å². The van der Waals surface area contributed by atoms with E-state index < -0.39 is 0 Å². The molecule has 19 heavy (non-hydrogen) atoms. The Kier molecular flexibility index (Phi) is 5.15. The summed E-state index contributed by atoms with van der Waals surface area (Å²) in [5.74, 6) is -0.302. The standard InChI is InChI=1S/C14H18FIN2O/c1-2-18(11-4-3-7-17-9-11)14(19)12-6-5-10(15)8-13(12)16/h5-6,8,11,17H,2-4,7,9H2,1H3. The lowest BCUT2D eigenvalue weighted by molar-refractivity contribution is 0.0661. The highest BCUT2D eigenvalue weighted by atomic mass is 127. The molecular weight excluding hydrogens is 358 g/mol. The molecule has 1 amide bonds. The summed E-state index contributed by atoms with van der Waals surface area (Å²) in [6.45, 7) is 4.54. The summed E-state index contributed by atoms with van der Waals surface area (Å²) in [6, 6.07) is 4.58. The molecule has 5 heteroatoms. The Hall–Kier alpha value is -0.690. The van der Waals surface area contributed by atoms with Crippen LogP contribution in [0.15, 0.2) is 18.2 Å². The molecule has 0 saturated carbocycles. The Morgan fingerprint density at radius 1 is 1.58 bits per heavy atom. The fourth-order valence-corrected chi connectivity index (χ4v) is 3.19. The summed E-state index contributed by atoms with van der Waals surface area (Å²) < 4.78 is 13.8. The predicted molar refractivity (Wildman–Crippen MR) is 81.7 cm³/mol. The molecule has 1 aliphatic heterocycles. The molecule has 1 saturated heterocycles. The van der Waals surface area contributed by atoms with Crippen molar-refractivity contribution in [3.8, 4) is 0 Å². The maximum atomic E-state index is 13.1. The van der Waals surface area contributed by atoms with Gasteiger partial charge in [-0.3, -0.25) is 4.79 Å². The van der Waals surface area contributed by atoms with E-state index in [1.165, 1.54) is 12.1 Å². The number of carbonyl (C=O) groups excluding carboxylic acids is 1. The van der Waals surface area contributed by atoms with E-state index in [4.69, 9.17) is 0 Å². The van der Waals surface area contributed by atoms with Crippen molar-refractivity contribution in [1.29, 1.82) is 0 Å². The minimum Gasteiger partial charge on any atom is -0.335 e. The number of amides is 1. The number of rotatable bonds is 3. The van der Waals surface area contributed by atoms with Gasteiger partial charge in [0.25, 0.3) is 5.91 Å². The van der Waals surface area contributed by atoms with Crippen LogP contribution < -0.4 is 5.32 Å². The molecule has 0 aliphatic carbocycles. The van der Waals surface area contributed by atoms with Gasteiger partial charge in [0.2, 0.25) is 0 Å². The molecule has 1 heterocycles. The first kappa shape index (κ1) is 14.7. The number of hydrogen-bond acceptors (Lipinski definition) is 2. The first-order valence-corrected chi connectivity index (χ1v) is 7.68. The lowest BCUT2D eigenvalue weighted by Gasteiger charge is -2.34. The number of benzene rings is 1. The van der Waals surface area contributed by atoms with Crippen molar-refractivity contribution in [3.63, 3.8) is 0 Å². The van der Waals surface area contributed by atoms with Crippen LogP contribution in [0.5, 0.6) is 0 Å². The molecule has 1 N–H and O–H groups in total.